The molecule has 17 heavy (non-hydrogen) atoms. The van der Waals surface area contributed by atoms with Crippen LogP contribution in [0.2, 0.25) is 0 Å². The summed E-state index contributed by atoms with van der Waals surface area (Å²) in [6.45, 7) is 0.113. The normalized spacial score (nSPS) is 14.4. The second kappa shape index (κ2) is 5.81. The van der Waals surface area contributed by atoms with Crippen LogP contribution in [0.25, 0.3) is 0 Å². The molecule has 0 aliphatic carbocycles. The number of halogens is 2. The summed E-state index contributed by atoms with van der Waals surface area (Å²) in [5, 5.41) is 19.1. The Labute approximate surface area is 96.7 Å². The summed E-state index contributed by atoms with van der Waals surface area (Å²) in [5.74, 6) is -2.18. The van der Waals surface area contributed by atoms with Crippen molar-refractivity contribution in [3.63, 3.8) is 0 Å². The number of carbonyl (C=O) groups excluding carboxylic acids is 1. The van der Waals surface area contributed by atoms with Crippen molar-refractivity contribution in [3.05, 3.63) is 34.9 Å². The number of hydrogen-bond acceptors (Lipinski definition) is 4. The van der Waals surface area contributed by atoms with E-state index in [4.69, 9.17) is 5.73 Å². The lowest BCUT2D eigenvalue weighted by Crippen LogP contribution is -2.23. The monoisotopic (exact) mass is 245 g/mol. The molecule has 0 bridgehead atoms. The van der Waals surface area contributed by atoms with Gasteiger partial charge in [-0.1, -0.05) is 6.07 Å². The van der Waals surface area contributed by atoms with Crippen LogP contribution in [0.4, 0.5) is 8.78 Å². The molecule has 0 heterocycles. The van der Waals surface area contributed by atoms with Crippen LogP contribution >= 0.6 is 0 Å². The Kier molecular flexibility index (Phi) is 4.68. The van der Waals surface area contributed by atoms with E-state index in [-0.39, 0.29) is 24.8 Å². The first-order valence-electron chi connectivity index (χ1n) is 5.02. The standard InChI is InChI=1S/C11H13F2NO3/c12-8-2-1-6(10(13)7(8)5-15)11(17)9(16)3-4-14/h1-2,5,9,11,16-17H,3-4,14H2. The zero-order chi connectivity index (χ0) is 13.0. The molecule has 0 spiro atoms. The Bertz CT molecular complexity index is 412. The first-order chi connectivity index (χ1) is 8.02. The van der Waals surface area contributed by atoms with Crippen molar-refractivity contribution >= 4 is 6.29 Å². The van der Waals surface area contributed by atoms with Crippen molar-refractivity contribution in [2.75, 3.05) is 6.54 Å². The zero-order valence-corrected chi connectivity index (χ0v) is 8.94. The molecular weight excluding hydrogens is 232 g/mol. The average molecular weight is 245 g/mol. The molecule has 1 aromatic rings. The van der Waals surface area contributed by atoms with Gasteiger partial charge in [0.2, 0.25) is 0 Å². The van der Waals surface area contributed by atoms with E-state index < -0.39 is 29.4 Å². The van der Waals surface area contributed by atoms with E-state index in [1.54, 1.807) is 0 Å². The maximum absolute atomic E-state index is 13.6. The van der Waals surface area contributed by atoms with Crippen molar-refractivity contribution < 1.29 is 23.8 Å². The summed E-state index contributed by atoms with van der Waals surface area (Å²) in [6, 6.07) is 1.85. The maximum atomic E-state index is 13.6. The third-order valence-electron chi connectivity index (χ3n) is 2.42. The topological polar surface area (TPSA) is 83.6 Å². The quantitative estimate of drug-likeness (QED) is 0.660. The van der Waals surface area contributed by atoms with E-state index >= 15 is 0 Å². The van der Waals surface area contributed by atoms with E-state index in [1.807, 2.05) is 0 Å². The molecule has 0 saturated heterocycles. The molecule has 94 valence electrons. The minimum absolute atomic E-state index is 0.0240. The van der Waals surface area contributed by atoms with Crippen molar-refractivity contribution in [2.24, 2.45) is 5.73 Å². The maximum Gasteiger partial charge on any atom is 0.155 e. The lowest BCUT2D eigenvalue weighted by Gasteiger charge is -2.18. The fourth-order valence-electron chi connectivity index (χ4n) is 1.46. The molecule has 1 aromatic carbocycles. The zero-order valence-electron chi connectivity index (χ0n) is 8.94. The van der Waals surface area contributed by atoms with Crippen LogP contribution in [0.5, 0.6) is 0 Å². The summed E-state index contributed by atoms with van der Waals surface area (Å²) in [4.78, 5) is 10.5. The predicted molar refractivity (Wildman–Crippen MR) is 56.4 cm³/mol. The van der Waals surface area contributed by atoms with E-state index in [0.29, 0.717) is 0 Å². The summed E-state index contributed by atoms with van der Waals surface area (Å²) in [6.07, 6.45) is -2.72. The Morgan fingerprint density at radius 3 is 2.53 bits per heavy atom. The fourth-order valence-corrected chi connectivity index (χ4v) is 1.46. The van der Waals surface area contributed by atoms with Crippen molar-refractivity contribution in [1.29, 1.82) is 0 Å². The van der Waals surface area contributed by atoms with Gasteiger partial charge in [0.25, 0.3) is 0 Å². The molecule has 0 fully saturated rings. The molecule has 0 aliphatic rings. The number of hydrogen-bond donors (Lipinski definition) is 3. The number of benzene rings is 1. The Morgan fingerprint density at radius 1 is 1.35 bits per heavy atom. The van der Waals surface area contributed by atoms with E-state index in [1.165, 1.54) is 0 Å². The predicted octanol–water partition coefficient (Wildman–Crippen LogP) is 0.520. The van der Waals surface area contributed by atoms with Gasteiger partial charge in [-0.3, -0.25) is 4.79 Å². The van der Waals surface area contributed by atoms with Crippen LogP contribution in [-0.4, -0.2) is 29.1 Å². The van der Waals surface area contributed by atoms with Gasteiger partial charge in [0, 0.05) is 5.56 Å². The smallest absolute Gasteiger partial charge is 0.155 e. The van der Waals surface area contributed by atoms with Crippen LogP contribution < -0.4 is 5.73 Å². The number of rotatable bonds is 5. The van der Waals surface area contributed by atoms with Gasteiger partial charge in [0.15, 0.2) is 6.29 Å². The molecular formula is C11H13F2NO3. The molecule has 0 aromatic heterocycles. The molecule has 0 amide bonds. The highest BCUT2D eigenvalue weighted by Gasteiger charge is 2.23. The van der Waals surface area contributed by atoms with Crippen LogP contribution in [0.3, 0.4) is 0 Å². The van der Waals surface area contributed by atoms with Crippen LogP contribution in [0.15, 0.2) is 12.1 Å². The van der Waals surface area contributed by atoms with E-state index in [2.05, 4.69) is 0 Å². The first-order valence-corrected chi connectivity index (χ1v) is 5.02. The highest BCUT2D eigenvalue weighted by atomic mass is 19.1. The largest absolute Gasteiger partial charge is 0.390 e. The molecule has 4 nitrogen and oxygen atoms in total. The van der Waals surface area contributed by atoms with Crippen molar-refractivity contribution in [1.82, 2.24) is 0 Å². The van der Waals surface area contributed by atoms with Gasteiger partial charge in [0.1, 0.15) is 17.7 Å². The lowest BCUT2D eigenvalue weighted by atomic mass is 9.99. The number of aliphatic hydroxyl groups is 2. The van der Waals surface area contributed by atoms with Gasteiger partial charge < -0.3 is 15.9 Å². The van der Waals surface area contributed by atoms with E-state index in [0.717, 1.165) is 12.1 Å². The number of aldehydes is 1. The second-order valence-electron chi connectivity index (χ2n) is 3.57. The first kappa shape index (κ1) is 13.7. The van der Waals surface area contributed by atoms with Gasteiger partial charge in [-0.25, -0.2) is 8.78 Å². The molecule has 2 atom stereocenters. The van der Waals surface area contributed by atoms with Crippen LogP contribution in [0.1, 0.15) is 28.4 Å². The number of nitrogens with two attached hydrogens (primary N) is 1. The summed E-state index contributed by atoms with van der Waals surface area (Å²) in [7, 11) is 0. The molecule has 6 heteroatoms. The molecule has 1 rings (SSSR count). The van der Waals surface area contributed by atoms with Gasteiger partial charge in [-0.2, -0.15) is 0 Å². The van der Waals surface area contributed by atoms with Crippen molar-refractivity contribution in [2.45, 2.75) is 18.6 Å². The lowest BCUT2D eigenvalue weighted by molar-refractivity contribution is 0.0128. The van der Waals surface area contributed by atoms with Gasteiger partial charge in [-0.05, 0) is 19.0 Å². The highest BCUT2D eigenvalue weighted by molar-refractivity contribution is 5.76. The fraction of sp³-hybridized carbons (Fsp3) is 0.364. The average Bonchev–Trinajstić information content (AvgIpc) is 2.29. The van der Waals surface area contributed by atoms with Crippen LogP contribution in [0, 0.1) is 11.6 Å². The Balaban J connectivity index is 3.10. The van der Waals surface area contributed by atoms with Gasteiger partial charge in [-0.15, -0.1) is 0 Å². The minimum atomic E-state index is -1.54. The molecule has 2 unspecified atom stereocenters. The summed E-state index contributed by atoms with van der Waals surface area (Å²) >= 11 is 0. The Hall–Kier alpha value is -1.37. The highest BCUT2D eigenvalue weighted by Crippen LogP contribution is 2.24. The SMILES string of the molecule is NCCC(O)C(O)c1ccc(F)c(C=O)c1F. The third kappa shape index (κ3) is 2.85. The number of carbonyl (C=O) groups is 1. The van der Waals surface area contributed by atoms with Gasteiger partial charge >= 0.3 is 0 Å². The van der Waals surface area contributed by atoms with Gasteiger partial charge in [0.05, 0.1) is 11.7 Å². The summed E-state index contributed by atoms with van der Waals surface area (Å²) < 4.78 is 26.6. The number of aliphatic hydroxyl groups excluding tert-OH is 2. The summed E-state index contributed by atoms with van der Waals surface area (Å²) in [5.41, 5.74) is 4.10. The van der Waals surface area contributed by atoms with Crippen LogP contribution in [-0.2, 0) is 0 Å². The second-order valence-corrected chi connectivity index (χ2v) is 3.57. The molecule has 0 aliphatic heterocycles. The third-order valence-corrected chi connectivity index (χ3v) is 2.42. The van der Waals surface area contributed by atoms with Crippen molar-refractivity contribution in [3.8, 4) is 0 Å². The molecule has 0 saturated carbocycles. The molecule has 4 N–H and O–H groups in total. The Morgan fingerprint density at radius 2 is 2.00 bits per heavy atom. The minimum Gasteiger partial charge on any atom is -0.390 e. The van der Waals surface area contributed by atoms with E-state index in [9.17, 15) is 23.8 Å². The molecule has 0 radical (unpaired) electrons.